The summed E-state index contributed by atoms with van der Waals surface area (Å²) < 4.78 is 6.32. The predicted octanol–water partition coefficient (Wildman–Crippen LogP) is -0.0639. The first-order valence-electron chi connectivity index (χ1n) is 8.55. The van der Waals surface area contributed by atoms with Crippen molar-refractivity contribution in [3.63, 3.8) is 0 Å². The van der Waals surface area contributed by atoms with Gasteiger partial charge in [-0.25, -0.2) is 4.79 Å². The number of anilines is 1. The number of aromatic nitrogens is 2. The Balaban J connectivity index is 1.80. The van der Waals surface area contributed by atoms with Gasteiger partial charge in [-0.05, 0) is 13.0 Å². The SMILES string of the molecule is C[C@H](Nc1ccn([C@@H]2O[C@H](CO)[C@H](O)C2O)c(=O)n1)c1ccccc1[N+](=O)[O-]. The van der Waals surface area contributed by atoms with Crippen molar-refractivity contribution in [3.05, 3.63) is 62.7 Å². The first kappa shape index (κ1) is 19.9. The highest BCUT2D eigenvalue weighted by atomic mass is 16.6. The molecule has 0 aliphatic carbocycles. The summed E-state index contributed by atoms with van der Waals surface area (Å²) in [6.45, 7) is 1.19. The summed E-state index contributed by atoms with van der Waals surface area (Å²) in [6, 6.07) is 7.18. The fraction of sp³-hybridized carbons (Fsp3) is 0.412. The molecule has 5 atom stereocenters. The van der Waals surface area contributed by atoms with Crippen LogP contribution in [0.25, 0.3) is 0 Å². The van der Waals surface area contributed by atoms with Gasteiger partial charge in [-0.15, -0.1) is 0 Å². The molecule has 0 bridgehead atoms. The molecule has 0 radical (unpaired) electrons. The molecule has 1 aliphatic rings. The van der Waals surface area contributed by atoms with Gasteiger partial charge in [0.05, 0.1) is 23.1 Å². The Morgan fingerprint density at radius 1 is 1.32 bits per heavy atom. The van der Waals surface area contributed by atoms with Crippen LogP contribution in [0.5, 0.6) is 0 Å². The van der Waals surface area contributed by atoms with E-state index in [1.807, 2.05) is 0 Å². The number of para-hydroxylation sites is 1. The van der Waals surface area contributed by atoms with Crippen molar-refractivity contribution < 1.29 is 25.0 Å². The minimum Gasteiger partial charge on any atom is -0.394 e. The number of aliphatic hydroxyl groups excluding tert-OH is 3. The topological polar surface area (TPSA) is 160 Å². The summed E-state index contributed by atoms with van der Waals surface area (Å²) in [5, 5.41) is 43.1. The summed E-state index contributed by atoms with van der Waals surface area (Å²) in [7, 11) is 0. The number of aliphatic hydroxyl groups is 3. The van der Waals surface area contributed by atoms with Crippen LogP contribution in [0.4, 0.5) is 11.5 Å². The summed E-state index contributed by atoms with van der Waals surface area (Å²) in [4.78, 5) is 26.9. The van der Waals surface area contributed by atoms with Crippen molar-refractivity contribution in [2.24, 2.45) is 0 Å². The molecule has 3 rings (SSSR count). The predicted molar refractivity (Wildman–Crippen MR) is 96.6 cm³/mol. The van der Waals surface area contributed by atoms with Crippen LogP contribution in [0, 0.1) is 10.1 Å². The number of nitrogens with one attached hydrogen (secondary N) is 1. The normalized spacial score (nSPS) is 25.4. The number of hydrogen-bond acceptors (Lipinski definition) is 9. The zero-order valence-electron chi connectivity index (χ0n) is 14.9. The summed E-state index contributed by atoms with van der Waals surface area (Å²) in [6.07, 6.45) is -3.61. The highest BCUT2D eigenvalue weighted by molar-refractivity contribution is 5.46. The number of nitro groups is 1. The van der Waals surface area contributed by atoms with Crippen LogP contribution in [0.15, 0.2) is 41.3 Å². The molecule has 1 aliphatic heterocycles. The van der Waals surface area contributed by atoms with E-state index in [4.69, 9.17) is 9.84 Å². The van der Waals surface area contributed by atoms with Crippen LogP contribution in [0.1, 0.15) is 24.8 Å². The van der Waals surface area contributed by atoms with E-state index in [-0.39, 0.29) is 11.5 Å². The van der Waals surface area contributed by atoms with Crippen molar-refractivity contribution in [2.75, 3.05) is 11.9 Å². The number of nitrogens with zero attached hydrogens (tertiary/aromatic N) is 3. The lowest BCUT2D eigenvalue weighted by atomic mass is 10.1. The number of nitro benzene ring substituents is 1. The van der Waals surface area contributed by atoms with Gasteiger partial charge in [0.15, 0.2) is 6.23 Å². The fourth-order valence-electron chi connectivity index (χ4n) is 3.12. The smallest absolute Gasteiger partial charge is 0.351 e. The maximum absolute atomic E-state index is 12.3. The van der Waals surface area contributed by atoms with E-state index in [9.17, 15) is 25.1 Å². The van der Waals surface area contributed by atoms with E-state index >= 15 is 0 Å². The molecule has 2 heterocycles. The molecular weight excluding hydrogens is 372 g/mol. The zero-order chi connectivity index (χ0) is 20.4. The Kier molecular flexibility index (Phi) is 5.70. The second-order valence-corrected chi connectivity index (χ2v) is 6.41. The molecular formula is C17H20N4O7. The molecule has 11 heteroatoms. The van der Waals surface area contributed by atoms with Gasteiger partial charge in [-0.2, -0.15) is 4.98 Å². The summed E-state index contributed by atoms with van der Waals surface area (Å²) >= 11 is 0. The molecule has 1 fully saturated rings. The van der Waals surface area contributed by atoms with Crippen molar-refractivity contribution in [1.82, 2.24) is 9.55 Å². The lowest BCUT2D eigenvalue weighted by Gasteiger charge is -2.19. The standard InChI is InChI=1S/C17H20N4O7/c1-9(10-4-2-3-5-11(10)21(26)27)18-13-6-7-20(17(25)19-13)16-15(24)14(23)12(8-22)28-16/h2-7,9,12,14-16,22-24H,8H2,1H3,(H,18,19,25)/t9-,12+,14-,15?,16+/m0/s1. The van der Waals surface area contributed by atoms with E-state index in [0.29, 0.717) is 5.56 Å². The van der Waals surface area contributed by atoms with E-state index in [0.717, 1.165) is 4.57 Å². The average Bonchev–Trinajstić information content (AvgIpc) is 2.96. The number of ether oxygens (including phenoxy) is 1. The molecule has 0 spiro atoms. The van der Waals surface area contributed by atoms with Crippen LogP contribution in [0.3, 0.4) is 0 Å². The Morgan fingerprint density at radius 2 is 2.04 bits per heavy atom. The second-order valence-electron chi connectivity index (χ2n) is 6.41. The van der Waals surface area contributed by atoms with Gasteiger partial charge in [0.25, 0.3) is 5.69 Å². The van der Waals surface area contributed by atoms with Crippen LogP contribution < -0.4 is 11.0 Å². The van der Waals surface area contributed by atoms with Gasteiger partial charge >= 0.3 is 5.69 Å². The molecule has 11 nitrogen and oxygen atoms in total. The Bertz CT molecular complexity index is 918. The van der Waals surface area contributed by atoms with Crippen LogP contribution >= 0.6 is 0 Å². The third kappa shape index (κ3) is 3.73. The molecule has 150 valence electrons. The van der Waals surface area contributed by atoms with Crippen molar-refractivity contribution in [3.8, 4) is 0 Å². The molecule has 28 heavy (non-hydrogen) atoms. The summed E-state index contributed by atoms with van der Waals surface area (Å²) in [5.41, 5.74) is -0.376. The van der Waals surface area contributed by atoms with Gasteiger partial charge in [-0.1, -0.05) is 18.2 Å². The molecule has 2 aromatic rings. The molecule has 0 saturated carbocycles. The van der Waals surface area contributed by atoms with Crippen LogP contribution in [0.2, 0.25) is 0 Å². The monoisotopic (exact) mass is 392 g/mol. The van der Waals surface area contributed by atoms with Crippen molar-refractivity contribution in [2.45, 2.75) is 37.5 Å². The molecule has 1 aromatic heterocycles. The number of rotatable bonds is 6. The van der Waals surface area contributed by atoms with Crippen LogP contribution in [-0.2, 0) is 4.74 Å². The Labute approximate surface area is 159 Å². The van der Waals surface area contributed by atoms with E-state index in [1.165, 1.54) is 18.3 Å². The maximum atomic E-state index is 12.3. The summed E-state index contributed by atoms with van der Waals surface area (Å²) in [5.74, 6) is 0.179. The largest absolute Gasteiger partial charge is 0.394 e. The van der Waals surface area contributed by atoms with Gasteiger partial charge in [0.2, 0.25) is 0 Å². The minimum atomic E-state index is -1.40. The highest BCUT2D eigenvalue weighted by Crippen LogP contribution is 2.29. The van der Waals surface area contributed by atoms with Crippen molar-refractivity contribution >= 4 is 11.5 Å². The third-order valence-electron chi connectivity index (χ3n) is 4.59. The van der Waals surface area contributed by atoms with Crippen LogP contribution in [-0.4, -0.2) is 54.7 Å². The van der Waals surface area contributed by atoms with Gasteiger partial charge < -0.3 is 25.4 Å². The lowest BCUT2D eigenvalue weighted by molar-refractivity contribution is -0.385. The van der Waals surface area contributed by atoms with E-state index in [1.54, 1.807) is 25.1 Å². The zero-order valence-corrected chi connectivity index (χ0v) is 14.9. The first-order valence-corrected chi connectivity index (χ1v) is 8.55. The number of hydrogen-bond donors (Lipinski definition) is 4. The van der Waals surface area contributed by atoms with E-state index in [2.05, 4.69) is 10.3 Å². The lowest BCUT2D eigenvalue weighted by Crippen LogP contribution is -2.36. The molecule has 4 N–H and O–H groups in total. The quantitative estimate of drug-likeness (QED) is 0.390. The third-order valence-corrected chi connectivity index (χ3v) is 4.59. The fourth-order valence-corrected chi connectivity index (χ4v) is 3.12. The maximum Gasteiger partial charge on any atom is 0.351 e. The van der Waals surface area contributed by atoms with Gasteiger partial charge in [0.1, 0.15) is 24.1 Å². The van der Waals surface area contributed by atoms with Gasteiger partial charge in [-0.3, -0.25) is 14.7 Å². The molecule has 1 unspecified atom stereocenters. The molecule has 0 amide bonds. The first-order chi connectivity index (χ1) is 13.3. The molecule has 1 saturated heterocycles. The Hall–Kier alpha value is -2.86. The highest BCUT2D eigenvalue weighted by Gasteiger charge is 2.43. The van der Waals surface area contributed by atoms with Gasteiger partial charge in [0, 0.05) is 12.3 Å². The molecule has 1 aromatic carbocycles. The Morgan fingerprint density at radius 3 is 2.64 bits per heavy atom. The average molecular weight is 392 g/mol. The van der Waals surface area contributed by atoms with E-state index < -0.39 is 47.8 Å². The van der Waals surface area contributed by atoms with Crippen molar-refractivity contribution in [1.29, 1.82) is 0 Å². The second kappa shape index (κ2) is 8.02. The number of benzene rings is 1. The minimum absolute atomic E-state index is 0.0534.